The number of thioether (sulfide) groups is 1. The van der Waals surface area contributed by atoms with Gasteiger partial charge >= 0.3 is 0 Å². The number of carbonyl (C=O) groups excluding carboxylic acids is 1. The molecule has 0 unspecified atom stereocenters. The first-order chi connectivity index (χ1) is 11.6. The van der Waals surface area contributed by atoms with Crippen LogP contribution in [0.25, 0.3) is 6.08 Å². The van der Waals surface area contributed by atoms with Gasteiger partial charge in [-0.1, -0.05) is 24.3 Å². The Morgan fingerprint density at radius 3 is 2.75 bits per heavy atom. The molecule has 0 spiro atoms. The van der Waals surface area contributed by atoms with Crippen molar-refractivity contribution in [2.45, 2.75) is 13.8 Å². The number of hydrogen-bond acceptors (Lipinski definition) is 4. The second-order valence-electron chi connectivity index (χ2n) is 5.48. The van der Waals surface area contributed by atoms with Gasteiger partial charge < -0.3 is 10.1 Å². The number of benzene rings is 2. The molecule has 0 aliphatic carbocycles. The summed E-state index contributed by atoms with van der Waals surface area (Å²) in [6.07, 6.45) is 1.84. The van der Waals surface area contributed by atoms with Crippen LogP contribution in [0.15, 0.2) is 52.4 Å². The van der Waals surface area contributed by atoms with Crippen LogP contribution in [0, 0.1) is 13.8 Å². The lowest BCUT2D eigenvalue weighted by Gasteiger charge is -2.04. The molecule has 4 nitrogen and oxygen atoms in total. The zero-order valence-corrected chi connectivity index (χ0v) is 14.6. The van der Waals surface area contributed by atoms with E-state index in [9.17, 15) is 4.79 Å². The van der Waals surface area contributed by atoms with Gasteiger partial charge in [-0.3, -0.25) is 4.79 Å². The molecule has 0 radical (unpaired) electrons. The highest BCUT2D eigenvalue weighted by molar-refractivity contribution is 8.18. The molecule has 2 aromatic carbocycles. The van der Waals surface area contributed by atoms with E-state index in [2.05, 4.69) is 10.3 Å². The number of aliphatic imine (C=N–C) groups is 1. The summed E-state index contributed by atoms with van der Waals surface area (Å²) in [6.45, 7) is 4.08. The molecular weight excluding hydrogens is 320 g/mol. The van der Waals surface area contributed by atoms with Gasteiger partial charge in [0, 0.05) is 0 Å². The fourth-order valence-electron chi connectivity index (χ4n) is 2.33. The lowest BCUT2D eigenvalue weighted by molar-refractivity contribution is -0.115. The molecule has 0 bridgehead atoms. The highest BCUT2D eigenvalue weighted by Gasteiger charge is 2.24. The molecule has 5 heteroatoms. The van der Waals surface area contributed by atoms with Crippen molar-refractivity contribution in [1.29, 1.82) is 0 Å². The molecule has 2 aromatic rings. The quantitative estimate of drug-likeness (QED) is 0.853. The molecular formula is C19H18N2O2S. The predicted molar refractivity (Wildman–Crippen MR) is 99.7 cm³/mol. The third-order valence-electron chi connectivity index (χ3n) is 3.84. The largest absolute Gasteiger partial charge is 0.497 e. The molecule has 1 heterocycles. The number of nitrogens with zero attached hydrogens (tertiary/aromatic N) is 1. The topological polar surface area (TPSA) is 50.7 Å². The first-order valence-corrected chi connectivity index (χ1v) is 8.38. The minimum absolute atomic E-state index is 0.133. The summed E-state index contributed by atoms with van der Waals surface area (Å²) in [6, 6.07) is 13.6. The molecule has 1 amide bonds. The number of methoxy groups -OCH3 is 1. The van der Waals surface area contributed by atoms with E-state index in [0.717, 1.165) is 22.6 Å². The van der Waals surface area contributed by atoms with Gasteiger partial charge in [-0.25, -0.2) is 4.99 Å². The zero-order chi connectivity index (χ0) is 17.1. The summed E-state index contributed by atoms with van der Waals surface area (Å²) in [7, 11) is 1.62. The highest BCUT2D eigenvalue weighted by atomic mass is 32.2. The van der Waals surface area contributed by atoms with Crippen LogP contribution >= 0.6 is 11.8 Å². The monoisotopic (exact) mass is 338 g/mol. The van der Waals surface area contributed by atoms with Crippen LogP contribution in [-0.4, -0.2) is 18.2 Å². The Bertz CT molecular complexity index is 856. The summed E-state index contributed by atoms with van der Waals surface area (Å²) < 4.78 is 5.21. The maximum atomic E-state index is 12.2. The second kappa shape index (κ2) is 6.93. The van der Waals surface area contributed by atoms with Crippen molar-refractivity contribution in [3.8, 4) is 5.75 Å². The summed E-state index contributed by atoms with van der Waals surface area (Å²) >= 11 is 1.35. The van der Waals surface area contributed by atoms with E-state index in [1.165, 1.54) is 17.3 Å². The lowest BCUT2D eigenvalue weighted by atomic mass is 10.1. The lowest BCUT2D eigenvalue weighted by Crippen LogP contribution is -2.19. The number of aryl methyl sites for hydroxylation is 1. The molecule has 1 fully saturated rings. The van der Waals surface area contributed by atoms with Crippen LogP contribution in [0.3, 0.4) is 0 Å². The Morgan fingerprint density at radius 2 is 1.96 bits per heavy atom. The van der Waals surface area contributed by atoms with Crippen molar-refractivity contribution < 1.29 is 9.53 Å². The first kappa shape index (κ1) is 16.3. The molecule has 1 aliphatic rings. The number of carbonyl (C=O) groups is 1. The molecule has 3 rings (SSSR count). The van der Waals surface area contributed by atoms with Crippen molar-refractivity contribution >= 4 is 34.6 Å². The minimum Gasteiger partial charge on any atom is -0.497 e. The van der Waals surface area contributed by atoms with Gasteiger partial charge in [0.15, 0.2) is 5.17 Å². The molecule has 1 saturated heterocycles. The van der Waals surface area contributed by atoms with Crippen molar-refractivity contribution in [2.75, 3.05) is 7.11 Å². The number of rotatable bonds is 3. The average molecular weight is 338 g/mol. The van der Waals surface area contributed by atoms with Gasteiger partial charge in [-0.15, -0.1) is 0 Å². The van der Waals surface area contributed by atoms with Gasteiger partial charge in [0.1, 0.15) is 5.75 Å². The molecule has 122 valence electrons. The third kappa shape index (κ3) is 3.51. The van der Waals surface area contributed by atoms with Crippen molar-refractivity contribution in [1.82, 2.24) is 5.32 Å². The third-order valence-corrected chi connectivity index (χ3v) is 4.75. The van der Waals surface area contributed by atoms with Gasteiger partial charge in [-0.2, -0.15) is 0 Å². The number of amides is 1. The zero-order valence-electron chi connectivity index (χ0n) is 13.8. The predicted octanol–water partition coefficient (Wildman–Crippen LogP) is 4.20. The SMILES string of the molecule is COc1cccc(/C=C2/SC(=Nc3cccc(C)c3C)NC2=O)c1. The Kier molecular flexibility index (Phi) is 4.71. The van der Waals surface area contributed by atoms with E-state index in [1.54, 1.807) is 7.11 Å². The van der Waals surface area contributed by atoms with Crippen LogP contribution in [-0.2, 0) is 4.79 Å². The summed E-state index contributed by atoms with van der Waals surface area (Å²) in [5, 5.41) is 3.42. The van der Waals surface area contributed by atoms with Crippen molar-refractivity contribution in [2.24, 2.45) is 4.99 Å². The normalized spacial score (nSPS) is 17.4. The fourth-order valence-corrected chi connectivity index (χ4v) is 3.16. The van der Waals surface area contributed by atoms with Gasteiger partial charge in [0.05, 0.1) is 17.7 Å². The van der Waals surface area contributed by atoms with Crippen molar-refractivity contribution in [3.63, 3.8) is 0 Å². The smallest absolute Gasteiger partial charge is 0.264 e. The Hall–Kier alpha value is -2.53. The molecule has 0 saturated carbocycles. The standard InChI is InChI=1S/C19H18N2O2S/c1-12-6-4-9-16(13(12)2)20-19-21-18(22)17(24-19)11-14-7-5-8-15(10-14)23-3/h4-11H,1-3H3,(H,20,21,22)/b17-11+. The molecule has 1 aliphatic heterocycles. The van der Waals surface area contributed by atoms with Gasteiger partial charge in [-0.05, 0) is 66.6 Å². The number of amidine groups is 1. The van der Waals surface area contributed by atoms with E-state index >= 15 is 0 Å². The molecule has 0 aromatic heterocycles. The van der Waals surface area contributed by atoms with Crippen LogP contribution < -0.4 is 10.1 Å². The minimum atomic E-state index is -0.133. The van der Waals surface area contributed by atoms with E-state index in [1.807, 2.05) is 62.4 Å². The summed E-state index contributed by atoms with van der Waals surface area (Å²) in [4.78, 5) is 17.4. The van der Waals surface area contributed by atoms with E-state index < -0.39 is 0 Å². The highest BCUT2D eigenvalue weighted by Crippen LogP contribution is 2.30. The van der Waals surface area contributed by atoms with E-state index in [4.69, 9.17) is 4.74 Å². The first-order valence-electron chi connectivity index (χ1n) is 7.56. The average Bonchev–Trinajstić information content (AvgIpc) is 2.91. The van der Waals surface area contributed by atoms with Crippen LogP contribution in [0.4, 0.5) is 5.69 Å². The Morgan fingerprint density at radius 1 is 1.17 bits per heavy atom. The summed E-state index contributed by atoms with van der Waals surface area (Å²) in [5.41, 5.74) is 4.09. The van der Waals surface area contributed by atoms with Gasteiger partial charge in [0.2, 0.25) is 0 Å². The second-order valence-corrected chi connectivity index (χ2v) is 6.51. The molecule has 1 N–H and O–H groups in total. The molecule has 24 heavy (non-hydrogen) atoms. The van der Waals surface area contributed by atoms with E-state index in [-0.39, 0.29) is 5.91 Å². The fraction of sp³-hybridized carbons (Fsp3) is 0.158. The van der Waals surface area contributed by atoms with Crippen LogP contribution in [0.1, 0.15) is 16.7 Å². The van der Waals surface area contributed by atoms with Crippen LogP contribution in [0.2, 0.25) is 0 Å². The number of ether oxygens (including phenoxy) is 1. The summed E-state index contributed by atoms with van der Waals surface area (Å²) in [5.74, 6) is 0.629. The van der Waals surface area contributed by atoms with Crippen molar-refractivity contribution in [3.05, 3.63) is 64.1 Å². The van der Waals surface area contributed by atoms with Crippen LogP contribution in [0.5, 0.6) is 5.75 Å². The number of nitrogens with one attached hydrogen (secondary N) is 1. The number of hydrogen-bond donors (Lipinski definition) is 1. The van der Waals surface area contributed by atoms with Gasteiger partial charge in [0.25, 0.3) is 5.91 Å². The maximum Gasteiger partial charge on any atom is 0.264 e. The Labute approximate surface area is 145 Å². The van der Waals surface area contributed by atoms with E-state index in [0.29, 0.717) is 10.1 Å². The Balaban J connectivity index is 1.86. The molecule has 0 atom stereocenters. The maximum absolute atomic E-state index is 12.2.